The molecule has 0 aliphatic rings. The van der Waals surface area contributed by atoms with Gasteiger partial charge in [-0.1, -0.05) is 11.6 Å². The van der Waals surface area contributed by atoms with E-state index in [1.807, 2.05) is 24.3 Å². The van der Waals surface area contributed by atoms with E-state index >= 15 is 0 Å². The maximum Gasteiger partial charge on any atom is 0.138 e. The van der Waals surface area contributed by atoms with Gasteiger partial charge in [0.05, 0.1) is 16.2 Å². The number of hydrogen-bond donors (Lipinski definition) is 1. The van der Waals surface area contributed by atoms with Crippen LogP contribution >= 0.6 is 27.5 Å². The molecule has 0 aliphatic heterocycles. The van der Waals surface area contributed by atoms with E-state index in [1.165, 1.54) is 0 Å². The number of pyridine rings is 1. The number of nitrogens with one attached hydrogen (secondary N) is 1. The summed E-state index contributed by atoms with van der Waals surface area (Å²) in [5.41, 5.74) is 2.78. The fourth-order valence-corrected chi connectivity index (χ4v) is 2.19. The molecule has 2 heterocycles. The highest BCUT2D eigenvalue weighted by Crippen LogP contribution is 2.25. The van der Waals surface area contributed by atoms with Crippen molar-refractivity contribution >= 4 is 38.6 Å². The maximum atomic E-state index is 5.85. The number of benzene rings is 1. The van der Waals surface area contributed by atoms with Crippen LogP contribution in [0.25, 0.3) is 22.4 Å². The summed E-state index contributed by atoms with van der Waals surface area (Å²) in [6.07, 6.45) is 3.49. The van der Waals surface area contributed by atoms with Gasteiger partial charge in [0.1, 0.15) is 11.3 Å². The predicted molar refractivity (Wildman–Crippen MR) is 72.0 cm³/mol. The molecular weight excluding hydrogens is 302 g/mol. The number of H-pyrrole nitrogens is 1. The van der Waals surface area contributed by atoms with Crippen molar-refractivity contribution in [3.8, 4) is 11.4 Å². The molecule has 0 saturated carbocycles. The molecule has 0 aliphatic carbocycles. The Labute approximate surface area is 111 Å². The molecule has 0 atom stereocenters. The lowest BCUT2D eigenvalue weighted by molar-refractivity contribution is 1.32. The van der Waals surface area contributed by atoms with Crippen LogP contribution in [0.4, 0.5) is 0 Å². The standard InChI is InChI=1S/C12H7BrClN3/c13-9-5-15-6-10-11(9)17-12(16-10)7-1-3-8(14)4-2-7/h1-6H,(H,16,17). The molecular formula is C12H7BrClN3. The zero-order chi connectivity index (χ0) is 11.8. The number of rotatable bonds is 1. The molecule has 3 nitrogen and oxygen atoms in total. The summed E-state index contributed by atoms with van der Waals surface area (Å²) in [4.78, 5) is 11.8. The minimum Gasteiger partial charge on any atom is -0.337 e. The molecule has 1 aromatic carbocycles. The van der Waals surface area contributed by atoms with E-state index in [1.54, 1.807) is 12.4 Å². The van der Waals surface area contributed by atoms with E-state index in [0.29, 0.717) is 5.02 Å². The van der Waals surface area contributed by atoms with Gasteiger partial charge in [0, 0.05) is 16.8 Å². The number of fused-ring (bicyclic) bond motifs is 1. The summed E-state index contributed by atoms with van der Waals surface area (Å²) in [5.74, 6) is 0.811. The highest BCUT2D eigenvalue weighted by molar-refractivity contribution is 9.10. The van der Waals surface area contributed by atoms with Crippen LogP contribution in [-0.4, -0.2) is 15.0 Å². The molecule has 3 rings (SSSR count). The van der Waals surface area contributed by atoms with Crippen molar-refractivity contribution in [1.29, 1.82) is 0 Å². The highest BCUT2D eigenvalue weighted by atomic mass is 79.9. The van der Waals surface area contributed by atoms with Gasteiger partial charge in [0.25, 0.3) is 0 Å². The first-order valence-electron chi connectivity index (χ1n) is 4.99. The van der Waals surface area contributed by atoms with Crippen LogP contribution < -0.4 is 0 Å². The lowest BCUT2D eigenvalue weighted by Crippen LogP contribution is -1.78. The van der Waals surface area contributed by atoms with E-state index in [0.717, 1.165) is 26.9 Å². The molecule has 0 unspecified atom stereocenters. The summed E-state index contributed by atoms with van der Waals surface area (Å²) >= 11 is 9.28. The van der Waals surface area contributed by atoms with Gasteiger partial charge < -0.3 is 4.98 Å². The fraction of sp³-hybridized carbons (Fsp3) is 0. The number of aromatic nitrogens is 3. The Morgan fingerprint density at radius 3 is 2.59 bits per heavy atom. The first-order chi connectivity index (χ1) is 8.24. The quantitative estimate of drug-likeness (QED) is 0.737. The van der Waals surface area contributed by atoms with Crippen molar-refractivity contribution in [2.75, 3.05) is 0 Å². The zero-order valence-corrected chi connectivity index (χ0v) is 11.0. The molecule has 0 spiro atoms. The number of hydrogen-bond acceptors (Lipinski definition) is 2. The zero-order valence-electron chi connectivity index (χ0n) is 8.61. The third kappa shape index (κ3) is 1.94. The third-order valence-electron chi connectivity index (χ3n) is 2.47. The molecule has 17 heavy (non-hydrogen) atoms. The minimum absolute atomic E-state index is 0.715. The van der Waals surface area contributed by atoms with Crippen molar-refractivity contribution in [3.63, 3.8) is 0 Å². The second-order valence-corrected chi connectivity index (χ2v) is 4.90. The van der Waals surface area contributed by atoms with Gasteiger partial charge >= 0.3 is 0 Å². The maximum absolute atomic E-state index is 5.85. The Hall–Kier alpha value is -1.39. The Balaban J connectivity index is 2.18. The summed E-state index contributed by atoms with van der Waals surface area (Å²) < 4.78 is 0.881. The predicted octanol–water partition coefficient (Wildman–Crippen LogP) is 4.04. The van der Waals surface area contributed by atoms with Crippen LogP contribution in [0.5, 0.6) is 0 Å². The van der Waals surface area contributed by atoms with Gasteiger partial charge in [-0.25, -0.2) is 4.98 Å². The highest BCUT2D eigenvalue weighted by Gasteiger charge is 2.07. The first-order valence-corrected chi connectivity index (χ1v) is 6.16. The topological polar surface area (TPSA) is 41.6 Å². The number of aromatic amines is 1. The average Bonchev–Trinajstić information content (AvgIpc) is 2.75. The van der Waals surface area contributed by atoms with Crippen molar-refractivity contribution < 1.29 is 0 Å². The van der Waals surface area contributed by atoms with E-state index in [9.17, 15) is 0 Å². The minimum atomic E-state index is 0.715. The second-order valence-electron chi connectivity index (χ2n) is 3.61. The second kappa shape index (κ2) is 4.13. The molecule has 5 heteroatoms. The Morgan fingerprint density at radius 1 is 1.12 bits per heavy atom. The van der Waals surface area contributed by atoms with Gasteiger partial charge in [0.15, 0.2) is 0 Å². The van der Waals surface area contributed by atoms with Crippen molar-refractivity contribution in [2.45, 2.75) is 0 Å². The van der Waals surface area contributed by atoms with Gasteiger partial charge in [-0.15, -0.1) is 0 Å². The molecule has 2 aromatic heterocycles. The molecule has 0 bridgehead atoms. The van der Waals surface area contributed by atoms with Crippen LogP contribution in [-0.2, 0) is 0 Å². The van der Waals surface area contributed by atoms with Crippen LogP contribution in [0, 0.1) is 0 Å². The molecule has 84 valence electrons. The van der Waals surface area contributed by atoms with E-state index in [2.05, 4.69) is 30.9 Å². The van der Waals surface area contributed by atoms with Gasteiger partial charge in [0.2, 0.25) is 0 Å². The van der Waals surface area contributed by atoms with Gasteiger partial charge in [-0.2, -0.15) is 0 Å². The van der Waals surface area contributed by atoms with Crippen molar-refractivity contribution in [3.05, 3.63) is 46.2 Å². The monoisotopic (exact) mass is 307 g/mol. The van der Waals surface area contributed by atoms with E-state index in [4.69, 9.17) is 11.6 Å². The van der Waals surface area contributed by atoms with Crippen molar-refractivity contribution in [2.24, 2.45) is 0 Å². The summed E-state index contributed by atoms with van der Waals surface area (Å²) in [6.45, 7) is 0. The smallest absolute Gasteiger partial charge is 0.138 e. The molecule has 3 aromatic rings. The molecule has 0 radical (unpaired) electrons. The third-order valence-corrected chi connectivity index (χ3v) is 3.30. The average molecular weight is 309 g/mol. The largest absolute Gasteiger partial charge is 0.337 e. The number of imidazole rings is 1. The van der Waals surface area contributed by atoms with Crippen LogP contribution in [0.1, 0.15) is 0 Å². The Bertz CT molecular complexity index is 676. The molecule has 0 saturated heterocycles. The van der Waals surface area contributed by atoms with E-state index < -0.39 is 0 Å². The van der Waals surface area contributed by atoms with Gasteiger partial charge in [-0.05, 0) is 40.2 Å². The lowest BCUT2D eigenvalue weighted by atomic mass is 10.2. The first kappa shape index (κ1) is 10.7. The summed E-state index contributed by atoms with van der Waals surface area (Å²) in [6, 6.07) is 7.55. The summed E-state index contributed by atoms with van der Waals surface area (Å²) in [5, 5.41) is 0.715. The van der Waals surface area contributed by atoms with Crippen LogP contribution in [0.2, 0.25) is 5.02 Å². The van der Waals surface area contributed by atoms with Crippen LogP contribution in [0.15, 0.2) is 41.1 Å². The molecule has 0 amide bonds. The number of halogens is 2. The Morgan fingerprint density at radius 2 is 1.88 bits per heavy atom. The van der Waals surface area contributed by atoms with E-state index in [-0.39, 0.29) is 0 Å². The van der Waals surface area contributed by atoms with Gasteiger partial charge in [-0.3, -0.25) is 4.98 Å². The lowest BCUT2D eigenvalue weighted by Gasteiger charge is -1.95. The van der Waals surface area contributed by atoms with Crippen LogP contribution in [0.3, 0.4) is 0 Å². The molecule has 0 fully saturated rings. The Kier molecular flexibility index (Phi) is 2.61. The normalized spacial score (nSPS) is 10.9. The SMILES string of the molecule is Clc1ccc(-c2nc3c(Br)cncc3[nH]2)cc1. The van der Waals surface area contributed by atoms with Crippen molar-refractivity contribution in [1.82, 2.24) is 15.0 Å². The fourth-order valence-electron chi connectivity index (χ4n) is 1.65. The summed E-state index contributed by atoms with van der Waals surface area (Å²) in [7, 11) is 0. The number of nitrogens with zero attached hydrogens (tertiary/aromatic N) is 2. The molecule has 1 N–H and O–H groups in total.